The summed E-state index contributed by atoms with van der Waals surface area (Å²) in [5, 5.41) is 0. The van der Waals surface area contributed by atoms with Crippen molar-refractivity contribution in [3.8, 4) is 0 Å². The molecule has 0 aromatic heterocycles. The first-order valence-electron chi connectivity index (χ1n) is 2.94. The molecular weight excluding hydrogens is 112 g/mol. The normalized spacial score (nSPS) is 10.3. The predicted molar refractivity (Wildman–Crippen MR) is 38.8 cm³/mol. The number of allylic oxidation sites excluding steroid dienone is 5. The topological polar surface area (TPSA) is 17.1 Å². The van der Waals surface area contributed by atoms with Gasteiger partial charge in [0.05, 0.1) is 0 Å². The van der Waals surface area contributed by atoms with Crippen LogP contribution >= 0.6 is 0 Å². The second kappa shape index (κ2) is 6.93. The number of rotatable bonds is 3. The van der Waals surface area contributed by atoms with Crippen molar-refractivity contribution in [2.45, 2.75) is 13.3 Å². The minimum Gasteiger partial charge on any atom is -0.234 e. The number of hydrogen-bond acceptors (Lipinski definition) is 1. The molecule has 0 saturated heterocycles. The van der Waals surface area contributed by atoms with Gasteiger partial charge in [-0.05, 0) is 6.42 Å². The largest absolute Gasteiger partial charge is 0.234 e. The zero-order valence-corrected chi connectivity index (χ0v) is 5.50. The van der Waals surface area contributed by atoms with Gasteiger partial charge in [-0.2, -0.15) is 0 Å². The van der Waals surface area contributed by atoms with Crippen molar-refractivity contribution >= 4 is 5.94 Å². The third-order valence-electron chi connectivity index (χ3n) is 0.758. The van der Waals surface area contributed by atoms with Crippen LogP contribution in [0.2, 0.25) is 0 Å². The molecule has 0 bridgehead atoms. The van der Waals surface area contributed by atoms with E-state index in [0.717, 1.165) is 6.42 Å². The first kappa shape index (κ1) is 7.93. The van der Waals surface area contributed by atoms with E-state index in [2.05, 4.69) is 6.92 Å². The Labute approximate surface area is 55.4 Å². The van der Waals surface area contributed by atoms with E-state index < -0.39 is 0 Å². The van der Waals surface area contributed by atoms with Crippen molar-refractivity contribution in [1.82, 2.24) is 0 Å². The summed E-state index contributed by atoms with van der Waals surface area (Å²) in [5.41, 5.74) is 0. The van der Waals surface area contributed by atoms with E-state index in [0.29, 0.717) is 0 Å². The summed E-state index contributed by atoms with van der Waals surface area (Å²) in [6.07, 6.45) is 9.71. The SMILES string of the molecule is CCC=CC=CC=C=O. The Morgan fingerprint density at radius 1 is 1.33 bits per heavy atom. The van der Waals surface area contributed by atoms with Crippen LogP contribution in [0.25, 0.3) is 0 Å². The number of hydrogen-bond donors (Lipinski definition) is 0. The maximum absolute atomic E-state index is 9.58. The number of carbonyl (C=O) groups excluding carboxylic acids is 1. The highest BCUT2D eigenvalue weighted by Gasteiger charge is 1.61. The molecule has 0 fully saturated rings. The molecule has 48 valence electrons. The monoisotopic (exact) mass is 122 g/mol. The van der Waals surface area contributed by atoms with E-state index in [9.17, 15) is 4.79 Å². The lowest BCUT2D eigenvalue weighted by Gasteiger charge is -1.70. The molecule has 9 heavy (non-hydrogen) atoms. The fourth-order valence-corrected chi connectivity index (χ4v) is 0.374. The van der Waals surface area contributed by atoms with Crippen LogP contribution in [0.15, 0.2) is 30.4 Å². The van der Waals surface area contributed by atoms with E-state index in [1.807, 2.05) is 12.2 Å². The van der Waals surface area contributed by atoms with Gasteiger partial charge in [-0.1, -0.05) is 31.2 Å². The Bertz CT molecular complexity index is 148. The van der Waals surface area contributed by atoms with Crippen LogP contribution in [0.4, 0.5) is 0 Å². The van der Waals surface area contributed by atoms with Crippen molar-refractivity contribution in [3.05, 3.63) is 30.4 Å². The highest BCUT2D eigenvalue weighted by Crippen LogP contribution is 1.80. The van der Waals surface area contributed by atoms with E-state index >= 15 is 0 Å². The third kappa shape index (κ3) is 6.93. The summed E-state index contributed by atoms with van der Waals surface area (Å²) in [5.74, 6) is 1.65. The van der Waals surface area contributed by atoms with Gasteiger partial charge in [0.2, 0.25) is 0 Å². The van der Waals surface area contributed by atoms with Gasteiger partial charge in [0.1, 0.15) is 5.94 Å². The summed E-state index contributed by atoms with van der Waals surface area (Å²) < 4.78 is 0. The van der Waals surface area contributed by atoms with Crippen molar-refractivity contribution < 1.29 is 4.79 Å². The zero-order chi connectivity index (χ0) is 6.95. The molecule has 1 heteroatoms. The highest BCUT2D eigenvalue weighted by atomic mass is 16.1. The molecular formula is C8H10O. The zero-order valence-electron chi connectivity index (χ0n) is 5.50. The van der Waals surface area contributed by atoms with E-state index in [4.69, 9.17) is 0 Å². The molecule has 0 radical (unpaired) electrons. The van der Waals surface area contributed by atoms with E-state index in [1.54, 1.807) is 18.1 Å². The minimum atomic E-state index is 1.02. The van der Waals surface area contributed by atoms with Gasteiger partial charge in [0.25, 0.3) is 0 Å². The van der Waals surface area contributed by atoms with Crippen LogP contribution in [0.3, 0.4) is 0 Å². The molecule has 0 unspecified atom stereocenters. The lowest BCUT2D eigenvalue weighted by atomic mass is 10.4. The van der Waals surface area contributed by atoms with Crippen molar-refractivity contribution in [2.75, 3.05) is 0 Å². The van der Waals surface area contributed by atoms with Crippen LogP contribution in [0.5, 0.6) is 0 Å². The average molecular weight is 122 g/mol. The Morgan fingerprint density at radius 2 is 2.11 bits per heavy atom. The van der Waals surface area contributed by atoms with Crippen LogP contribution in [0, 0.1) is 0 Å². The summed E-state index contributed by atoms with van der Waals surface area (Å²) in [7, 11) is 0. The predicted octanol–water partition coefficient (Wildman–Crippen LogP) is 1.90. The van der Waals surface area contributed by atoms with Crippen LogP contribution in [-0.2, 0) is 4.79 Å². The van der Waals surface area contributed by atoms with Gasteiger partial charge in [0, 0.05) is 6.08 Å². The first-order valence-corrected chi connectivity index (χ1v) is 2.94. The molecule has 0 N–H and O–H groups in total. The summed E-state index contributed by atoms with van der Waals surface area (Å²) >= 11 is 0. The summed E-state index contributed by atoms with van der Waals surface area (Å²) in [6.45, 7) is 2.06. The standard InChI is InChI=1S/C8H10O/c1-2-3-4-5-6-7-8-9/h3-7H,2H2,1H3. The molecule has 0 rings (SSSR count). The Hall–Kier alpha value is -1.07. The molecule has 0 aromatic rings. The maximum atomic E-state index is 9.58. The molecule has 0 atom stereocenters. The van der Waals surface area contributed by atoms with E-state index in [-0.39, 0.29) is 0 Å². The van der Waals surface area contributed by atoms with Gasteiger partial charge in [-0.25, -0.2) is 4.79 Å². The molecule has 0 heterocycles. The fourth-order valence-electron chi connectivity index (χ4n) is 0.374. The molecule has 0 aliphatic carbocycles. The summed E-state index contributed by atoms with van der Waals surface area (Å²) in [4.78, 5) is 9.58. The molecule has 0 spiro atoms. The minimum absolute atomic E-state index is 1.02. The van der Waals surface area contributed by atoms with Crippen molar-refractivity contribution in [3.63, 3.8) is 0 Å². The lowest BCUT2D eigenvalue weighted by molar-refractivity contribution is 0.569. The Morgan fingerprint density at radius 3 is 2.67 bits per heavy atom. The Balaban J connectivity index is 3.46. The van der Waals surface area contributed by atoms with E-state index in [1.165, 1.54) is 6.08 Å². The summed E-state index contributed by atoms with van der Waals surface area (Å²) in [6, 6.07) is 0. The van der Waals surface area contributed by atoms with Crippen molar-refractivity contribution in [1.29, 1.82) is 0 Å². The fraction of sp³-hybridized carbons (Fsp3) is 0.250. The van der Waals surface area contributed by atoms with Gasteiger partial charge >= 0.3 is 0 Å². The average Bonchev–Trinajstić information content (AvgIpc) is 1.89. The maximum Gasteiger partial charge on any atom is 0.124 e. The van der Waals surface area contributed by atoms with Gasteiger partial charge in [-0.15, -0.1) is 0 Å². The van der Waals surface area contributed by atoms with Gasteiger partial charge < -0.3 is 0 Å². The molecule has 1 nitrogen and oxygen atoms in total. The van der Waals surface area contributed by atoms with Crippen LogP contribution < -0.4 is 0 Å². The molecule has 0 saturated carbocycles. The van der Waals surface area contributed by atoms with Crippen LogP contribution in [-0.4, -0.2) is 5.94 Å². The Kier molecular flexibility index (Phi) is 6.11. The van der Waals surface area contributed by atoms with Gasteiger partial charge in [0.15, 0.2) is 0 Å². The lowest BCUT2D eigenvalue weighted by Crippen LogP contribution is -1.52. The molecule has 0 amide bonds. The third-order valence-corrected chi connectivity index (χ3v) is 0.758. The second-order valence-corrected chi connectivity index (χ2v) is 1.51. The molecule has 0 aliphatic rings. The highest BCUT2D eigenvalue weighted by molar-refractivity contribution is 5.48. The smallest absolute Gasteiger partial charge is 0.124 e. The second-order valence-electron chi connectivity index (χ2n) is 1.51. The first-order chi connectivity index (χ1) is 4.41. The quantitative estimate of drug-likeness (QED) is 0.412. The van der Waals surface area contributed by atoms with Gasteiger partial charge in [-0.3, -0.25) is 0 Å². The molecule has 0 aliphatic heterocycles. The van der Waals surface area contributed by atoms with Crippen LogP contribution in [0.1, 0.15) is 13.3 Å². The molecule has 0 aromatic carbocycles. The van der Waals surface area contributed by atoms with Crippen molar-refractivity contribution in [2.24, 2.45) is 0 Å².